The monoisotopic (exact) mass is 343 g/mol. The fourth-order valence-electron chi connectivity index (χ4n) is 4.19. The summed E-state index contributed by atoms with van der Waals surface area (Å²) in [6.07, 6.45) is 4.69. The molecule has 1 aliphatic heterocycles. The molecular formula is C20H25NO2S. The van der Waals surface area contributed by atoms with E-state index in [1.54, 1.807) is 19.1 Å². The standard InChI is InChI=1S/C20H25NO2S/c1-4-5-14-8-13-11-21-16-7-6-12-9-17(22-2)18(23-3)10-15(12)19(16)20(13)24-14/h8-10,16,19,21H,4-7,11H2,1-3H3/t16-,19-/m0/s1. The van der Waals surface area contributed by atoms with E-state index in [1.165, 1.54) is 40.8 Å². The van der Waals surface area contributed by atoms with Crippen molar-refractivity contribution in [3.63, 3.8) is 0 Å². The Morgan fingerprint density at radius 1 is 1.12 bits per heavy atom. The van der Waals surface area contributed by atoms with Gasteiger partial charge >= 0.3 is 0 Å². The van der Waals surface area contributed by atoms with Gasteiger partial charge in [-0.2, -0.15) is 0 Å². The minimum atomic E-state index is 0.452. The lowest BCUT2D eigenvalue weighted by molar-refractivity contribution is 0.349. The Morgan fingerprint density at radius 2 is 1.92 bits per heavy atom. The van der Waals surface area contributed by atoms with Crippen LogP contribution in [-0.4, -0.2) is 20.3 Å². The normalized spacial score (nSPS) is 21.6. The summed E-state index contributed by atoms with van der Waals surface area (Å²) in [5.41, 5.74) is 4.32. The molecule has 0 unspecified atom stereocenters. The van der Waals surface area contributed by atoms with Crippen LogP contribution >= 0.6 is 11.3 Å². The van der Waals surface area contributed by atoms with E-state index in [1.807, 2.05) is 11.3 Å². The molecule has 128 valence electrons. The van der Waals surface area contributed by atoms with Gasteiger partial charge in [0.05, 0.1) is 14.2 Å². The van der Waals surface area contributed by atoms with Crippen LogP contribution in [-0.2, 0) is 19.4 Å². The Balaban J connectivity index is 1.82. The molecule has 0 saturated heterocycles. The first-order valence-electron chi connectivity index (χ1n) is 8.84. The molecule has 0 saturated carbocycles. The zero-order valence-electron chi connectivity index (χ0n) is 14.6. The molecule has 2 aromatic rings. The third-order valence-electron chi connectivity index (χ3n) is 5.33. The molecule has 1 aromatic carbocycles. The Labute approximate surface area is 148 Å². The summed E-state index contributed by atoms with van der Waals surface area (Å²) >= 11 is 2.02. The molecule has 0 radical (unpaired) electrons. The lowest BCUT2D eigenvalue weighted by Crippen LogP contribution is -2.41. The maximum absolute atomic E-state index is 5.57. The summed E-state index contributed by atoms with van der Waals surface area (Å²) in [5.74, 6) is 2.14. The molecule has 1 aromatic heterocycles. The van der Waals surface area contributed by atoms with Gasteiger partial charge in [0.25, 0.3) is 0 Å². The Hall–Kier alpha value is -1.52. The van der Waals surface area contributed by atoms with Crippen molar-refractivity contribution in [1.29, 1.82) is 0 Å². The molecule has 2 aliphatic rings. The van der Waals surface area contributed by atoms with Gasteiger partial charge in [-0.05, 0) is 54.2 Å². The van der Waals surface area contributed by atoms with Gasteiger partial charge in [0.15, 0.2) is 11.5 Å². The van der Waals surface area contributed by atoms with Gasteiger partial charge in [-0.25, -0.2) is 0 Å². The van der Waals surface area contributed by atoms with Gasteiger partial charge in [0, 0.05) is 28.3 Å². The molecule has 1 N–H and O–H groups in total. The molecule has 2 atom stereocenters. The maximum Gasteiger partial charge on any atom is 0.161 e. The zero-order chi connectivity index (χ0) is 16.7. The molecule has 4 heteroatoms. The lowest BCUT2D eigenvalue weighted by Gasteiger charge is -2.38. The minimum absolute atomic E-state index is 0.452. The predicted molar refractivity (Wildman–Crippen MR) is 98.7 cm³/mol. The minimum Gasteiger partial charge on any atom is -0.493 e. The van der Waals surface area contributed by atoms with Gasteiger partial charge in [-0.1, -0.05) is 13.3 Å². The highest BCUT2D eigenvalue weighted by molar-refractivity contribution is 7.12. The van der Waals surface area contributed by atoms with Gasteiger partial charge in [-0.15, -0.1) is 11.3 Å². The van der Waals surface area contributed by atoms with Crippen LogP contribution in [0.25, 0.3) is 0 Å². The number of nitrogens with one attached hydrogen (secondary N) is 1. The van der Waals surface area contributed by atoms with E-state index in [0.29, 0.717) is 12.0 Å². The molecule has 3 nitrogen and oxygen atoms in total. The second-order valence-corrected chi connectivity index (χ2v) is 7.93. The number of rotatable bonds is 4. The third-order valence-corrected chi connectivity index (χ3v) is 6.65. The SMILES string of the molecule is CCCc1cc2c(s1)[C@H]1c3cc(OC)c(OC)cc3CC[C@@H]1NC2. The van der Waals surface area contributed by atoms with Gasteiger partial charge in [0.2, 0.25) is 0 Å². The van der Waals surface area contributed by atoms with E-state index in [2.05, 4.69) is 30.4 Å². The van der Waals surface area contributed by atoms with Crippen LogP contribution in [0, 0.1) is 0 Å². The van der Waals surface area contributed by atoms with Crippen LogP contribution in [0.1, 0.15) is 52.1 Å². The smallest absolute Gasteiger partial charge is 0.161 e. The highest BCUT2D eigenvalue weighted by Gasteiger charge is 2.37. The van der Waals surface area contributed by atoms with Crippen molar-refractivity contribution in [3.8, 4) is 11.5 Å². The number of benzene rings is 1. The average molecular weight is 343 g/mol. The first-order chi connectivity index (χ1) is 11.7. The van der Waals surface area contributed by atoms with Crippen LogP contribution in [0.5, 0.6) is 11.5 Å². The van der Waals surface area contributed by atoms with Crippen LogP contribution in [0.15, 0.2) is 18.2 Å². The van der Waals surface area contributed by atoms with Crippen LogP contribution < -0.4 is 14.8 Å². The van der Waals surface area contributed by atoms with Crippen molar-refractivity contribution in [3.05, 3.63) is 44.6 Å². The Morgan fingerprint density at radius 3 is 2.67 bits per heavy atom. The van der Waals surface area contributed by atoms with Crippen LogP contribution in [0.2, 0.25) is 0 Å². The molecule has 24 heavy (non-hydrogen) atoms. The summed E-state index contributed by atoms with van der Waals surface area (Å²) in [6.45, 7) is 3.27. The topological polar surface area (TPSA) is 30.5 Å². The van der Waals surface area contributed by atoms with Gasteiger partial charge in [0.1, 0.15) is 0 Å². The highest BCUT2D eigenvalue weighted by atomic mass is 32.1. The fourth-order valence-corrected chi connectivity index (χ4v) is 5.67. The maximum atomic E-state index is 5.57. The molecular weight excluding hydrogens is 318 g/mol. The van der Waals surface area contributed by atoms with E-state index in [4.69, 9.17) is 9.47 Å². The summed E-state index contributed by atoms with van der Waals surface area (Å²) in [4.78, 5) is 3.09. The summed E-state index contributed by atoms with van der Waals surface area (Å²) in [5, 5.41) is 3.77. The zero-order valence-corrected chi connectivity index (χ0v) is 15.5. The second-order valence-electron chi connectivity index (χ2n) is 6.76. The molecule has 0 fully saturated rings. The number of methoxy groups -OCH3 is 2. The molecule has 4 rings (SSSR count). The van der Waals surface area contributed by atoms with Crippen molar-refractivity contribution in [2.75, 3.05) is 14.2 Å². The number of aryl methyl sites for hydroxylation is 2. The van der Waals surface area contributed by atoms with Gasteiger partial charge in [-0.3, -0.25) is 0 Å². The fraction of sp³-hybridized carbons (Fsp3) is 0.500. The average Bonchev–Trinajstić information content (AvgIpc) is 3.03. The number of fused-ring (bicyclic) bond motifs is 5. The molecule has 0 amide bonds. The van der Waals surface area contributed by atoms with E-state index in [9.17, 15) is 0 Å². The van der Waals surface area contributed by atoms with E-state index >= 15 is 0 Å². The van der Waals surface area contributed by atoms with Crippen molar-refractivity contribution >= 4 is 11.3 Å². The molecule has 2 heterocycles. The number of hydrogen-bond acceptors (Lipinski definition) is 4. The second kappa shape index (κ2) is 6.41. The van der Waals surface area contributed by atoms with Crippen LogP contribution in [0.3, 0.4) is 0 Å². The number of ether oxygens (including phenoxy) is 2. The Kier molecular flexibility index (Phi) is 4.27. The van der Waals surface area contributed by atoms with Crippen molar-refractivity contribution in [2.45, 2.75) is 51.1 Å². The van der Waals surface area contributed by atoms with Crippen molar-refractivity contribution in [1.82, 2.24) is 5.32 Å². The first-order valence-corrected chi connectivity index (χ1v) is 9.66. The summed E-state index contributed by atoms with van der Waals surface area (Å²) in [7, 11) is 3.44. The molecule has 0 spiro atoms. The highest BCUT2D eigenvalue weighted by Crippen LogP contribution is 2.47. The number of thiophene rings is 1. The van der Waals surface area contributed by atoms with Crippen molar-refractivity contribution < 1.29 is 9.47 Å². The van der Waals surface area contributed by atoms with Crippen molar-refractivity contribution in [2.24, 2.45) is 0 Å². The molecule has 1 aliphatic carbocycles. The third kappa shape index (κ3) is 2.52. The molecule has 0 bridgehead atoms. The largest absolute Gasteiger partial charge is 0.493 e. The summed E-state index contributed by atoms with van der Waals surface area (Å²) < 4.78 is 11.1. The predicted octanol–water partition coefficient (Wildman–Crippen LogP) is 4.27. The van der Waals surface area contributed by atoms with Gasteiger partial charge < -0.3 is 14.8 Å². The van der Waals surface area contributed by atoms with E-state index in [0.717, 1.165) is 24.5 Å². The van der Waals surface area contributed by atoms with E-state index in [-0.39, 0.29) is 0 Å². The first kappa shape index (κ1) is 16.0. The summed E-state index contributed by atoms with van der Waals surface area (Å²) in [6, 6.07) is 7.35. The lowest BCUT2D eigenvalue weighted by atomic mass is 9.75. The van der Waals surface area contributed by atoms with E-state index < -0.39 is 0 Å². The number of hydrogen-bond donors (Lipinski definition) is 1. The Bertz CT molecular complexity index is 752. The quantitative estimate of drug-likeness (QED) is 0.899. The van der Waals surface area contributed by atoms with Crippen LogP contribution in [0.4, 0.5) is 0 Å².